The molecule has 1 saturated heterocycles. The third-order valence-electron chi connectivity index (χ3n) is 5.62. The fourth-order valence-electron chi connectivity index (χ4n) is 3.84. The molecule has 0 spiro atoms. The lowest BCUT2D eigenvalue weighted by molar-refractivity contribution is 0.208. The Bertz CT molecular complexity index is 1080. The second kappa shape index (κ2) is 7.93. The molecule has 3 heterocycles. The number of carbonyl (C=O) groups excluding carboxylic acids is 1. The molecule has 3 aromatic rings. The average Bonchev–Trinajstić information content (AvgIpc) is 3.03. The summed E-state index contributed by atoms with van der Waals surface area (Å²) in [5, 5.41) is 7.59. The van der Waals surface area contributed by atoms with Crippen molar-refractivity contribution in [3.05, 3.63) is 41.3 Å². The number of amides is 2. The Kier molecular flexibility index (Phi) is 5.32. The summed E-state index contributed by atoms with van der Waals surface area (Å²) in [7, 11) is 1.93. The van der Waals surface area contributed by atoms with Gasteiger partial charge in [0.1, 0.15) is 16.9 Å². The molecule has 1 fully saturated rings. The van der Waals surface area contributed by atoms with Crippen LogP contribution in [0.15, 0.2) is 24.3 Å². The number of anilines is 2. The number of fused-ring (bicyclic) bond motifs is 1. The number of carbonyl (C=O) groups is 1. The van der Waals surface area contributed by atoms with Crippen molar-refractivity contribution >= 4 is 28.6 Å². The third kappa shape index (κ3) is 3.69. The predicted molar refractivity (Wildman–Crippen MR) is 119 cm³/mol. The molecule has 2 aromatic heterocycles. The monoisotopic (exact) mass is 407 g/mol. The molecule has 4 rings (SSSR count). The van der Waals surface area contributed by atoms with E-state index < -0.39 is 0 Å². The molecule has 0 radical (unpaired) electrons. The highest BCUT2D eigenvalue weighted by atomic mass is 16.2. The number of aryl methyl sites for hydroxylation is 3. The molecule has 1 N–H and O–H groups in total. The minimum atomic E-state index is -0.0592. The summed E-state index contributed by atoms with van der Waals surface area (Å²) in [6.45, 7) is 10.9. The Hall–Kier alpha value is -3.16. The van der Waals surface area contributed by atoms with Gasteiger partial charge in [-0.15, -0.1) is 0 Å². The highest BCUT2D eigenvalue weighted by Gasteiger charge is 2.26. The summed E-state index contributed by atoms with van der Waals surface area (Å²) in [6.07, 6.45) is 0. The zero-order chi connectivity index (χ0) is 21.4. The van der Waals surface area contributed by atoms with E-state index in [1.54, 1.807) is 0 Å². The maximum atomic E-state index is 12.7. The van der Waals surface area contributed by atoms with Gasteiger partial charge in [0.2, 0.25) is 0 Å². The predicted octanol–water partition coefficient (Wildman–Crippen LogP) is 3.46. The molecule has 2 amide bonds. The summed E-state index contributed by atoms with van der Waals surface area (Å²) >= 11 is 0. The first-order valence-corrected chi connectivity index (χ1v) is 10.4. The number of aromatic nitrogens is 4. The number of piperazine rings is 1. The molecule has 1 aliphatic rings. The van der Waals surface area contributed by atoms with Crippen LogP contribution in [-0.2, 0) is 7.05 Å². The van der Waals surface area contributed by atoms with Gasteiger partial charge in [-0.1, -0.05) is 32.0 Å². The molecular formula is C22H29N7O. The summed E-state index contributed by atoms with van der Waals surface area (Å²) < 4.78 is 1.86. The van der Waals surface area contributed by atoms with Crippen LogP contribution in [0.2, 0.25) is 0 Å². The van der Waals surface area contributed by atoms with Crippen molar-refractivity contribution < 1.29 is 4.79 Å². The molecule has 1 aliphatic heterocycles. The highest BCUT2D eigenvalue weighted by Crippen LogP contribution is 2.28. The van der Waals surface area contributed by atoms with Crippen LogP contribution in [0.5, 0.6) is 0 Å². The van der Waals surface area contributed by atoms with Crippen LogP contribution in [0, 0.1) is 13.8 Å². The molecule has 0 unspecified atom stereocenters. The van der Waals surface area contributed by atoms with Crippen LogP contribution in [0.3, 0.4) is 0 Å². The first-order chi connectivity index (χ1) is 14.3. The number of urea groups is 1. The van der Waals surface area contributed by atoms with E-state index in [4.69, 9.17) is 9.97 Å². The largest absolute Gasteiger partial charge is 0.351 e. The van der Waals surface area contributed by atoms with Gasteiger partial charge in [0.25, 0.3) is 0 Å². The van der Waals surface area contributed by atoms with Crippen LogP contribution in [-0.4, -0.2) is 56.9 Å². The van der Waals surface area contributed by atoms with Gasteiger partial charge in [0, 0.05) is 44.8 Å². The Morgan fingerprint density at radius 3 is 2.43 bits per heavy atom. The number of para-hydroxylation sites is 1. The van der Waals surface area contributed by atoms with Crippen molar-refractivity contribution in [2.75, 3.05) is 36.4 Å². The first kappa shape index (κ1) is 20.1. The fourth-order valence-corrected chi connectivity index (χ4v) is 3.84. The summed E-state index contributed by atoms with van der Waals surface area (Å²) in [5.41, 5.74) is 4.69. The molecule has 0 bridgehead atoms. The van der Waals surface area contributed by atoms with Gasteiger partial charge in [0.05, 0.1) is 5.69 Å². The smallest absolute Gasteiger partial charge is 0.321 e. The minimum Gasteiger partial charge on any atom is -0.351 e. The Balaban J connectivity index is 1.53. The van der Waals surface area contributed by atoms with Crippen LogP contribution in [0.25, 0.3) is 11.0 Å². The van der Waals surface area contributed by atoms with Gasteiger partial charge < -0.3 is 15.1 Å². The van der Waals surface area contributed by atoms with Gasteiger partial charge in [0.15, 0.2) is 5.82 Å². The Morgan fingerprint density at radius 2 is 1.77 bits per heavy atom. The molecule has 8 heteroatoms. The Labute approximate surface area is 176 Å². The normalized spacial score (nSPS) is 14.6. The number of hydrogen-bond acceptors (Lipinski definition) is 5. The minimum absolute atomic E-state index is 0.0592. The van der Waals surface area contributed by atoms with Gasteiger partial charge in [-0.05, 0) is 25.5 Å². The van der Waals surface area contributed by atoms with E-state index in [9.17, 15) is 4.79 Å². The van der Waals surface area contributed by atoms with E-state index in [1.807, 2.05) is 54.7 Å². The topological polar surface area (TPSA) is 79.2 Å². The molecule has 0 aliphatic carbocycles. The van der Waals surface area contributed by atoms with Crippen LogP contribution in [0.1, 0.15) is 36.8 Å². The number of nitrogens with one attached hydrogen (secondary N) is 1. The lowest BCUT2D eigenvalue weighted by Crippen LogP contribution is -2.50. The number of hydrogen-bond donors (Lipinski definition) is 1. The average molecular weight is 408 g/mol. The second-order valence-corrected chi connectivity index (χ2v) is 8.19. The van der Waals surface area contributed by atoms with E-state index in [1.165, 1.54) is 0 Å². The molecule has 0 atom stereocenters. The van der Waals surface area contributed by atoms with Crippen molar-refractivity contribution in [3.8, 4) is 0 Å². The van der Waals surface area contributed by atoms with Crippen LogP contribution < -0.4 is 10.2 Å². The maximum Gasteiger partial charge on any atom is 0.321 e. The van der Waals surface area contributed by atoms with Gasteiger partial charge in [-0.3, -0.25) is 4.68 Å². The lowest BCUT2D eigenvalue weighted by Gasteiger charge is -2.35. The fraction of sp³-hybridized carbons (Fsp3) is 0.455. The molecule has 158 valence electrons. The second-order valence-electron chi connectivity index (χ2n) is 8.19. The van der Waals surface area contributed by atoms with Crippen molar-refractivity contribution in [2.45, 2.75) is 33.6 Å². The van der Waals surface area contributed by atoms with Gasteiger partial charge in [-0.2, -0.15) is 5.10 Å². The molecule has 0 saturated carbocycles. The van der Waals surface area contributed by atoms with Crippen LogP contribution in [0.4, 0.5) is 16.3 Å². The first-order valence-electron chi connectivity index (χ1n) is 10.4. The zero-order valence-corrected chi connectivity index (χ0v) is 18.3. The Morgan fingerprint density at radius 1 is 1.07 bits per heavy atom. The van der Waals surface area contributed by atoms with E-state index >= 15 is 0 Å². The van der Waals surface area contributed by atoms with Crippen molar-refractivity contribution in [1.29, 1.82) is 0 Å². The number of rotatable bonds is 3. The summed E-state index contributed by atoms with van der Waals surface area (Å²) in [5.74, 6) is 1.97. The summed E-state index contributed by atoms with van der Waals surface area (Å²) in [6, 6.07) is 7.77. The summed E-state index contributed by atoms with van der Waals surface area (Å²) in [4.78, 5) is 26.5. The quantitative estimate of drug-likeness (QED) is 0.719. The van der Waals surface area contributed by atoms with Crippen molar-refractivity contribution in [3.63, 3.8) is 0 Å². The third-order valence-corrected chi connectivity index (χ3v) is 5.62. The van der Waals surface area contributed by atoms with E-state index in [0.29, 0.717) is 13.1 Å². The lowest BCUT2D eigenvalue weighted by atomic mass is 10.2. The molecular weight excluding hydrogens is 378 g/mol. The van der Waals surface area contributed by atoms with Crippen LogP contribution >= 0.6 is 0 Å². The number of benzene rings is 1. The van der Waals surface area contributed by atoms with Gasteiger partial charge in [-0.25, -0.2) is 14.8 Å². The molecule has 8 nitrogen and oxygen atoms in total. The standard InChI is InChI=1S/C22H29N7O/c1-14(2)20-24-18-16(4)26-27(5)19(18)21(25-20)28-10-12-29(13-11-28)22(30)23-17-9-7-6-8-15(17)3/h6-9,14H,10-13H2,1-5H3,(H,23,30). The van der Waals surface area contributed by atoms with E-state index in [0.717, 1.165) is 52.7 Å². The SMILES string of the molecule is Cc1ccccc1NC(=O)N1CCN(c2nc(C(C)C)nc3c(C)nn(C)c23)CC1. The molecule has 30 heavy (non-hydrogen) atoms. The number of nitrogens with zero attached hydrogens (tertiary/aromatic N) is 6. The van der Waals surface area contributed by atoms with Gasteiger partial charge >= 0.3 is 6.03 Å². The highest BCUT2D eigenvalue weighted by molar-refractivity contribution is 5.91. The zero-order valence-electron chi connectivity index (χ0n) is 18.3. The maximum absolute atomic E-state index is 12.7. The van der Waals surface area contributed by atoms with E-state index in [2.05, 4.69) is 29.2 Å². The molecule has 1 aromatic carbocycles. The van der Waals surface area contributed by atoms with Crippen molar-refractivity contribution in [2.24, 2.45) is 7.05 Å². The van der Waals surface area contributed by atoms with E-state index in [-0.39, 0.29) is 11.9 Å². The van der Waals surface area contributed by atoms with Crippen molar-refractivity contribution in [1.82, 2.24) is 24.6 Å².